The molecular formula is C41H57N7O8S. The molecule has 1 aromatic carbocycles. The Morgan fingerprint density at radius 1 is 1.07 bits per heavy atom. The van der Waals surface area contributed by atoms with E-state index in [1.54, 1.807) is 37.2 Å². The predicted molar refractivity (Wildman–Crippen MR) is 216 cm³/mol. The maximum absolute atomic E-state index is 14.0. The van der Waals surface area contributed by atoms with Crippen LogP contribution < -0.4 is 29.6 Å². The highest BCUT2D eigenvalue weighted by atomic mass is 32.2. The average molecular weight is 808 g/mol. The first kappa shape index (κ1) is 41.9. The van der Waals surface area contributed by atoms with Gasteiger partial charge in [0.1, 0.15) is 28.8 Å². The third-order valence-electron chi connectivity index (χ3n) is 11.0. The summed E-state index contributed by atoms with van der Waals surface area (Å²) in [5.74, 6) is 0.113. The first-order valence-electron chi connectivity index (χ1n) is 20.0. The minimum absolute atomic E-state index is 0.0125. The third-order valence-corrected chi connectivity index (χ3v) is 12.8. The van der Waals surface area contributed by atoms with Gasteiger partial charge in [0.2, 0.25) is 21.8 Å². The van der Waals surface area contributed by atoms with Gasteiger partial charge >= 0.3 is 0 Å². The van der Waals surface area contributed by atoms with Crippen molar-refractivity contribution >= 4 is 38.6 Å². The van der Waals surface area contributed by atoms with E-state index in [0.29, 0.717) is 60.8 Å². The summed E-state index contributed by atoms with van der Waals surface area (Å²) in [5, 5.41) is 10.3. The smallest absolute Gasteiger partial charge is 0.271 e. The van der Waals surface area contributed by atoms with Crippen LogP contribution in [0.3, 0.4) is 0 Å². The molecule has 0 radical (unpaired) electrons. The van der Waals surface area contributed by atoms with Crippen molar-refractivity contribution in [1.82, 2.24) is 35.0 Å². The number of benzene rings is 1. The maximum atomic E-state index is 14.0. The van der Waals surface area contributed by atoms with Crippen LogP contribution in [0, 0.1) is 12.8 Å². The maximum Gasteiger partial charge on any atom is 0.271 e. The number of likely N-dealkylation sites (tertiary alicyclic amines) is 1. The molecule has 0 bridgehead atoms. The van der Waals surface area contributed by atoms with Crippen molar-refractivity contribution in [3.63, 3.8) is 0 Å². The minimum atomic E-state index is -3.82. The van der Waals surface area contributed by atoms with Gasteiger partial charge < -0.3 is 24.8 Å². The van der Waals surface area contributed by atoms with Crippen LogP contribution in [0.25, 0.3) is 10.9 Å². The van der Waals surface area contributed by atoms with Crippen LogP contribution in [0.15, 0.2) is 42.6 Å². The number of unbranched alkanes of at least 4 members (excludes halogenated alkanes) is 3. The minimum Gasteiger partial charge on any atom is -0.496 e. The van der Waals surface area contributed by atoms with Gasteiger partial charge in [0.05, 0.1) is 30.0 Å². The van der Waals surface area contributed by atoms with Crippen LogP contribution in [0.1, 0.15) is 94.6 Å². The van der Waals surface area contributed by atoms with Crippen LogP contribution >= 0.6 is 0 Å². The number of nitrogens with zero attached hydrogens (tertiary/aromatic N) is 4. The summed E-state index contributed by atoms with van der Waals surface area (Å²) in [4.78, 5) is 46.7. The highest BCUT2D eigenvalue weighted by Gasteiger charge is 2.61. The molecule has 0 spiro atoms. The summed E-state index contributed by atoms with van der Waals surface area (Å²) in [7, 11) is 1.40. The molecule has 15 nitrogen and oxygen atoms in total. The van der Waals surface area contributed by atoms with E-state index in [9.17, 15) is 22.8 Å². The molecule has 3 aromatic rings. The number of pyridine rings is 1. The second-order valence-corrected chi connectivity index (χ2v) is 18.1. The number of aromatic nitrogens is 3. The standard InChI is InChI=1S/C41H57N7O8S/c1-25(2)55-36-22-35(31-17-18-34(54-7)27(4)37(31)43-36)56-29-21-33(47(5)24-29)39(50)44-41(40(51)46-57(52,53)30-15-16-30)23-28(41)14-12-10-8-9-11-13-26(3)42-38(49)32-19-20-48(6)45-32/h12,14,17-20,22,25-26,28-30,33H,8-11,13,15-16,21,23-24H2,1-7H3,(H,42,49)(H,44,50)(H,46,51)/b14-12-/t26-,28-,29-,33+,41-/m1/s1. The van der Waals surface area contributed by atoms with Gasteiger partial charge in [0.25, 0.3) is 11.8 Å². The van der Waals surface area contributed by atoms with E-state index in [-0.39, 0.29) is 36.0 Å². The number of sulfonamides is 1. The molecule has 5 atom stereocenters. The molecule has 0 unspecified atom stereocenters. The number of ether oxygens (including phenoxy) is 3. The van der Waals surface area contributed by atoms with Crippen molar-refractivity contribution in [3.05, 3.63) is 53.9 Å². The lowest BCUT2D eigenvalue weighted by Gasteiger charge is -2.23. The largest absolute Gasteiger partial charge is 0.496 e. The monoisotopic (exact) mass is 807 g/mol. The van der Waals surface area contributed by atoms with Crippen LogP contribution in [0.2, 0.25) is 0 Å². The van der Waals surface area contributed by atoms with E-state index >= 15 is 0 Å². The molecule has 2 aromatic heterocycles. The molecule has 57 heavy (non-hydrogen) atoms. The van der Waals surface area contributed by atoms with Gasteiger partial charge in [-0.1, -0.05) is 25.0 Å². The Kier molecular flexibility index (Phi) is 12.8. The summed E-state index contributed by atoms with van der Waals surface area (Å²) in [6.07, 6.45) is 11.3. The van der Waals surface area contributed by atoms with E-state index in [4.69, 9.17) is 19.2 Å². The number of aryl methyl sites for hydroxylation is 2. The lowest BCUT2D eigenvalue weighted by molar-refractivity contribution is -0.131. The van der Waals surface area contributed by atoms with E-state index in [1.165, 1.54) is 0 Å². The Balaban J connectivity index is 1.06. The van der Waals surface area contributed by atoms with Crippen LogP contribution in [-0.2, 0) is 26.7 Å². The number of methoxy groups -OCH3 is 1. The molecule has 1 saturated heterocycles. The van der Waals surface area contributed by atoms with Crippen LogP contribution in [0.5, 0.6) is 17.4 Å². The fourth-order valence-corrected chi connectivity index (χ4v) is 8.89. The van der Waals surface area contributed by atoms with Gasteiger partial charge in [0, 0.05) is 55.2 Å². The molecule has 310 valence electrons. The molecular weight excluding hydrogens is 751 g/mol. The van der Waals surface area contributed by atoms with Crippen molar-refractivity contribution in [2.24, 2.45) is 13.0 Å². The molecule has 6 rings (SSSR count). The molecule has 2 saturated carbocycles. The second kappa shape index (κ2) is 17.4. The molecule has 3 heterocycles. The van der Waals surface area contributed by atoms with E-state index < -0.39 is 32.8 Å². The molecule has 3 fully saturated rings. The van der Waals surface area contributed by atoms with Crippen molar-refractivity contribution in [3.8, 4) is 17.4 Å². The van der Waals surface area contributed by atoms with Crippen molar-refractivity contribution in [1.29, 1.82) is 0 Å². The van der Waals surface area contributed by atoms with Gasteiger partial charge in [-0.15, -0.1) is 0 Å². The number of likely N-dealkylation sites (N-methyl/N-ethyl adjacent to an activating group) is 1. The SMILES string of the molecule is COc1ccc2c(O[C@@H]3C[C@@H](C(=O)N[C@]4(C(=O)NS(=O)(=O)C5CC5)C[C@H]4/C=C\CCCCC[C@@H](C)NC(=O)c4ccn(C)n4)N(C)C3)cc(OC(C)C)nc2c1C. The quantitative estimate of drug-likeness (QED) is 0.116. The zero-order valence-electron chi connectivity index (χ0n) is 34.0. The predicted octanol–water partition coefficient (Wildman–Crippen LogP) is 4.33. The zero-order valence-corrected chi connectivity index (χ0v) is 34.9. The Labute approximate surface area is 335 Å². The fourth-order valence-electron chi connectivity index (χ4n) is 7.52. The lowest BCUT2D eigenvalue weighted by Crippen LogP contribution is -2.55. The number of carbonyl (C=O) groups is 3. The third kappa shape index (κ3) is 10.1. The number of fused-ring (bicyclic) bond motifs is 1. The Hall–Kier alpha value is -4.70. The number of rotatable bonds is 19. The lowest BCUT2D eigenvalue weighted by atomic mass is 10.1. The van der Waals surface area contributed by atoms with Crippen molar-refractivity contribution in [2.45, 2.75) is 121 Å². The highest BCUT2D eigenvalue weighted by molar-refractivity contribution is 7.91. The van der Waals surface area contributed by atoms with E-state index in [0.717, 1.165) is 43.1 Å². The molecule has 16 heteroatoms. The topological polar surface area (TPSA) is 183 Å². The van der Waals surface area contributed by atoms with Gasteiger partial charge in [-0.2, -0.15) is 5.10 Å². The number of allylic oxidation sites excluding steroid dienone is 1. The van der Waals surface area contributed by atoms with Gasteiger partial charge in [-0.25, -0.2) is 13.4 Å². The average Bonchev–Trinajstić information content (AvgIpc) is 4.04. The Morgan fingerprint density at radius 2 is 1.84 bits per heavy atom. The fraction of sp³-hybridized carbons (Fsp3) is 0.585. The number of amides is 3. The summed E-state index contributed by atoms with van der Waals surface area (Å²) in [5.41, 5.74) is 0.580. The van der Waals surface area contributed by atoms with Crippen LogP contribution in [-0.4, -0.2) is 102 Å². The Bertz CT molecular complexity index is 2100. The highest BCUT2D eigenvalue weighted by Crippen LogP contribution is 2.46. The number of hydrogen-bond acceptors (Lipinski definition) is 11. The first-order chi connectivity index (χ1) is 27.1. The number of hydrogen-bond donors (Lipinski definition) is 3. The van der Waals surface area contributed by atoms with Crippen molar-refractivity contribution in [2.75, 3.05) is 20.7 Å². The molecule has 3 aliphatic rings. The molecule has 3 N–H and O–H groups in total. The number of carbonyl (C=O) groups excluding carboxylic acids is 3. The van der Waals surface area contributed by atoms with Gasteiger partial charge in [-0.3, -0.25) is 28.7 Å². The van der Waals surface area contributed by atoms with E-state index in [2.05, 4.69) is 20.5 Å². The van der Waals surface area contributed by atoms with Gasteiger partial charge in [-0.05, 0) is 91.5 Å². The molecule has 3 amide bonds. The summed E-state index contributed by atoms with van der Waals surface area (Å²) >= 11 is 0. The first-order valence-corrected chi connectivity index (χ1v) is 21.5. The van der Waals surface area contributed by atoms with E-state index in [1.807, 2.05) is 63.9 Å². The molecule has 2 aliphatic carbocycles. The second-order valence-electron chi connectivity index (χ2n) is 16.1. The summed E-state index contributed by atoms with van der Waals surface area (Å²) < 4.78 is 47.6. The van der Waals surface area contributed by atoms with Crippen LogP contribution in [0.4, 0.5) is 0 Å². The van der Waals surface area contributed by atoms with Gasteiger partial charge in [0.15, 0.2) is 0 Å². The number of nitrogens with one attached hydrogen (secondary N) is 3. The normalized spacial score (nSPS) is 22.8. The Morgan fingerprint density at radius 3 is 2.53 bits per heavy atom. The summed E-state index contributed by atoms with van der Waals surface area (Å²) in [6.45, 7) is 8.21. The molecule has 1 aliphatic heterocycles. The summed E-state index contributed by atoms with van der Waals surface area (Å²) in [6, 6.07) is 6.63. The van der Waals surface area contributed by atoms with Crippen molar-refractivity contribution < 1.29 is 37.0 Å². The zero-order chi connectivity index (χ0) is 41.1.